The highest BCUT2D eigenvalue weighted by Gasteiger charge is 2.37. The summed E-state index contributed by atoms with van der Waals surface area (Å²) in [5, 5.41) is 9.47. The van der Waals surface area contributed by atoms with E-state index in [-0.39, 0.29) is 0 Å². The van der Waals surface area contributed by atoms with Gasteiger partial charge >= 0.3 is 0 Å². The van der Waals surface area contributed by atoms with Crippen LogP contribution in [0.2, 0.25) is 0 Å². The molecule has 1 spiro atoms. The predicted molar refractivity (Wildman–Crippen MR) is 83.3 cm³/mol. The number of hydrogen-bond acceptors (Lipinski definition) is 3. The summed E-state index contributed by atoms with van der Waals surface area (Å²) < 4.78 is 0. The Balaban J connectivity index is 1.58. The molecule has 1 aliphatic heterocycles. The summed E-state index contributed by atoms with van der Waals surface area (Å²) in [6.45, 7) is 2.17. The Labute approximate surface area is 127 Å². The van der Waals surface area contributed by atoms with Crippen LogP contribution in [0.1, 0.15) is 61.8 Å². The number of hydrogen-bond donors (Lipinski definition) is 0. The second kappa shape index (κ2) is 5.02. The standard InChI is InChI=1S/C18H23N3/c19-13-15-12-14-4-3-5-16(14)20-17(15)21-10-8-18(9-11-21)6-1-2-7-18/h12H,1-11H2. The summed E-state index contributed by atoms with van der Waals surface area (Å²) in [4.78, 5) is 7.24. The van der Waals surface area contributed by atoms with E-state index in [0.717, 1.165) is 37.3 Å². The largest absolute Gasteiger partial charge is 0.355 e. The van der Waals surface area contributed by atoms with Crippen LogP contribution in [-0.4, -0.2) is 18.1 Å². The molecule has 4 rings (SSSR count). The van der Waals surface area contributed by atoms with E-state index in [0.29, 0.717) is 5.41 Å². The second-order valence-corrected chi connectivity index (χ2v) is 7.12. The number of rotatable bonds is 1. The van der Waals surface area contributed by atoms with Crippen LogP contribution in [0.15, 0.2) is 6.07 Å². The van der Waals surface area contributed by atoms with Crippen molar-refractivity contribution in [1.82, 2.24) is 4.98 Å². The van der Waals surface area contributed by atoms with Crippen LogP contribution in [0.25, 0.3) is 0 Å². The Hall–Kier alpha value is -1.56. The van der Waals surface area contributed by atoms with Gasteiger partial charge in [-0.2, -0.15) is 5.26 Å². The maximum Gasteiger partial charge on any atom is 0.146 e. The third-order valence-corrected chi connectivity index (χ3v) is 5.94. The minimum absolute atomic E-state index is 0.625. The molecule has 0 unspecified atom stereocenters. The van der Waals surface area contributed by atoms with Crippen LogP contribution in [0, 0.1) is 16.7 Å². The minimum Gasteiger partial charge on any atom is -0.355 e. The fraction of sp³-hybridized carbons (Fsp3) is 0.667. The number of fused-ring (bicyclic) bond motifs is 1. The molecule has 0 bridgehead atoms. The van der Waals surface area contributed by atoms with Crippen LogP contribution >= 0.6 is 0 Å². The Morgan fingerprint density at radius 1 is 1.05 bits per heavy atom. The van der Waals surface area contributed by atoms with Crippen molar-refractivity contribution >= 4 is 5.82 Å². The predicted octanol–water partition coefficient (Wildman–Crippen LogP) is 3.60. The highest BCUT2D eigenvalue weighted by atomic mass is 15.2. The summed E-state index contributed by atoms with van der Waals surface area (Å²) in [5.41, 5.74) is 3.96. The first-order valence-electron chi connectivity index (χ1n) is 8.48. The summed E-state index contributed by atoms with van der Waals surface area (Å²) in [6, 6.07) is 4.48. The van der Waals surface area contributed by atoms with E-state index in [1.807, 2.05) is 0 Å². The third-order valence-electron chi connectivity index (χ3n) is 5.94. The van der Waals surface area contributed by atoms with Gasteiger partial charge in [-0.1, -0.05) is 12.8 Å². The van der Waals surface area contributed by atoms with Gasteiger partial charge in [0, 0.05) is 18.8 Å². The smallest absolute Gasteiger partial charge is 0.146 e. The minimum atomic E-state index is 0.625. The van der Waals surface area contributed by atoms with Gasteiger partial charge in [-0.25, -0.2) is 4.98 Å². The van der Waals surface area contributed by atoms with Crippen molar-refractivity contribution in [2.75, 3.05) is 18.0 Å². The summed E-state index contributed by atoms with van der Waals surface area (Å²) >= 11 is 0. The molecule has 3 heteroatoms. The van der Waals surface area contributed by atoms with Gasteiger partial charge in [0.15, 0.2) is 0 Å². The number of piperidine rings is 1. The third kappa shape index (κ3) is 2.21. The van der Waals surface area contributed by atoms with Crippen LogP contribution in [0.3, 0.4) is 0 Å². The van der Waals surface area contributed by atoms with Gasteiger partial charge in [-0.3, -0.25) is 0 Å². The highest BCUT2D eigenvalue weighted by molar-refractivity contribution is 5.57. The van der Waals surface area contributed by atoms with Crippen LogP contribution < -0.4 is 4.90 Å². The monoisotopic (exact) mass is 281 g/mol. The lowest BCUT2D eigenvalue weighted by atomic mass is 9.77. The molecule has 0 atom stereocenters. The maximum absolute atomic E-state index is 9.47. The number of pyridine rings is 1. The van der Waals surface area contributed by atoms with E-state index >= 15 is 0 Å². The van der Waals surface area contributed by atoms with Crippen LogP contribution in [0.4, 0.5) is 5.82 Å². The number of aryl methyl sites for hydroxylation is 2. The molecular weight excluding hydrogens is 258 g/mol. The summed E-state index contributed by atoms with van der Waals surface area (Å²) in [7, 11) is 0. The first kappa shape index (κ1) is 13.1. The lowest BCUT2D eigenvalue weighted by molar-refractivity contribution is 0.226. The Bertz CT molecular complexity index is 583. The topological polar surface area (TPSA) is 39.9 Å². The van der Waals surface area contributed by atoms with Crippen molar-refractivity contribution in [3.05, 3.63) is 22.9 Å². The first-order valence-corrected chi connectivity index (χ1v) is 8.48. The number of anilines is 1. The van der Waals surface area contributed by atoms with E-state index in [1.165, 1.54) is 56.2 Å². The fourth-order valence-corrected chi connectivity index (χ4v) is 4.60. The van der Waals surface area contributed by atoms with Crippen molar-refractivity contribution in [2.45, 2.75) is 57.8 Å². The average Bonchev–Trinajstić information content (AvgIpc) is 3.16. The van der Waals surface area contributed by atoms with Crippen molar-refractivity contribution in [2.24, 2.45) is 5.41 Å². The molecule has 2 aliphatic carbocycles. The molecule has 21 heavy (non-hydrogen) atoms. The summed E-state index contributed by atoms with van der Waals surface area (Å²) in [5.74, 6) is 0.964. The Kier molecular flexibility index (Phi) is 3.14. The fourth-order valence-electron chi connectivity index (χ4n) is 4.60. The van der Waals surface area contributed by atoms with Gasteiger partial charge in [0.2, 0.25) is 0 Å². The van der Waals surface area contributed by atoms with Gasteiger partial charge in [0.1, 0.15) is 11.9 Å². The second-order valence-electron chi connectivity index (χ2n) is 7.12. The molecule has 3 aliphatic rings. The van der Waals surface area contributed by atoms with Gasteiger partial charge in [0.25, 0.3) is 0 Å². The maximum atomic E-state index is 9.47. The molecule has 3 nitrogen and oxygen atoms in total. The molecule has 1 saturated heterocycles. The molecule has 0 radical (unpaired) electrons. The normalized spacial score (nSPS) is 23.3. The highest BCUT2D eigenvalue weighted by Crippen LogP contribution is 2.46. The molecule has 1 saturated carbocycles. The molecule has 110 valence electrons. The van der Waals surface area contributed by atoms with Crippen molar-refractivity contribution in [3.8, 4) is 6.07 Å². The van der Waals surface area contributed by atoms with E-state index in [1.54, 1.807) is 0 Å². The van der Waals surface area contributed by atoms with Crippen LogP contribution in [0.5, 0.6) is 0 Å². The van der Waals surface area contributed by atoms with Gasteiger partial charge in [-0.05, 0) is 62.0 Å². The zero-order chi connectivity index (χ0) is 14.3. The van der Waals surface area contributed by atoms with Crippen molar-refractivity contribution in [3.63, 3.8) is 0 Å². The van der Waals surface area contributed by atoms with Crippen molar-refractivity contribution < 1.29 is 0 Å². The Morgan fingerprint density at radius 3 is 2.52 bits per heavy atom. The molecule has 0 N–H and O–H groups in total. The zero-order valence-electron chi connectivity index (χ0n) is 12.7. The number of aromatic nitrogens is 1. The lowest BCUT2D eigenvalue weighted by Crippen LogP contribution is -2.39. The number of nitrogens with zero attached hydrogens (tertiary/aromatic N) is 3. The quantitative estimate of drug-likeness (QED) is 0.789. The number of nitriles is 1. The Morgan fingerprint density at radius 2 is 1.81 bits per heavy atom. The lowest BCUT2D eigenvalue weighted by Gasteiger charge is -2.40. The van der Waals surface area contributed by atoms with Gasteiger partial charge in [-0.15, -0.1) is 0 Å². The zero-order valence-corrected chi connectivity index (χ0v) is 12.7. The van der Waals surface area contributed by atoms with Gasteiger partial charge < -0.3 is 4.90 Å². The van der Waals surface area contributed by atoms with Crippen molar-refractivity contribution in [1.29, 1.82) is 5.26 Å². The van der Waals surface area contributed by atoms with E-state index in [2.05, 4.69) is 17.0 Å². The molecule has 2 fully saturated rings. The van der Waals surface area contributed by atoms with Crippen LogP contribution in [-0.2, 0) is 12.8 Å². The summed E-state index contributed by atoms with van der Waals surface area (Å²) in [6.07, 6.45) is 11.6. The van der Waals surface area contributed by atoms with E-state index in [4.69, 9.17) is 4.98 Å². The molecule has 2 heterocycles. The first-order chi connectivity index (χ1) is 10.3. The van der Waals surface area contributed by atoms with E-state index in [9.17, 15) is 5.26 Å². The average molecular weight is 281 g/mol. The van der Waals surface area contributed by atoms with E-state index < -0.39 is 0 Å². The molecule has 1 aromatic rings. The molecule has 1 aromatic heterocycles. The SMILES string of the molecule is N#Cc1cc2c(nc1N1CCC3(CCCC3)CC1)CCC2. The van der Waals surface area contributed by atoms with Gasteiger partial charge in [0.05, 0.1) is 5.56 Å². The molecule has 0 amide bonds. The molecular formula is C18H23N3. The molecule has 0 aromatic carbocycles.